The minimum absolute atomic E-state index is 0.0273. The molecule has 0 aliphatic heterocycles. The molecule has 2 fully saturated rings. The molecule has 0 saturated heterocycles. The van der Waals surface area contributed by atoms with Crippen molar-refractivity contribution in [2.45, 2.75) is 57.3 Å². The van der Waals surface area contributed by atoms with E-state index in [0.29, 0.717) is 12.5 Å². The minimum atomic E-state index is -4.36. The molecule has 5 heteroatoms. The van der Waals surface area contributed by atoms with Crippen molar-refractivity contribution in [1.29, 1.82) is 0 Å². The highest BCUT2D eigenvalue weighted by molar-refractivity contribution is 5.84. The van der Waals surface area contributed by atoms with Crippen LogP contribution in [0.3, 0.4) is 0 Å². The number of rotatable bonds is 4. The highest BCUT2D eigenvalue weighted by Gasteiger charge is 2.51. The van der Waals surface area contributed by atoms with Crippen LogP contribution in [-0.2, 0) is 11.0 Å². The molecule has 2 nitrogen and oxygen atoms in total. The van der Waals surface area contributed by atoms with Crippen molar-refractivity contribution in [3.63, 3.8) is 0 Å². The Morgan fingerprint density at radius 3 is 2.41 bits per heavy atom. The minimum Gasteiger partial charge on any atom is -0.337 e. The summed E-state index contributed by atoms with van der Waals surface area (Å²) in [5.74, 6) is -0.545. The van der Waals surface area contributed by atoms with Crippen molar-refractivity contribution in [3.05, 3.63) is 35.4 Å². The predicted molar refractivity (Wildman–Crippen MR) is 77.3 cm³/mol. The van der Waals surface area contributed by atoms with Crippen molar-refractivity contribution in [2.75, 3.05) is 0 Å². The molecule has 0 N–H and O–H groups in total. The largest absolute Gasteiger partial charge is 0.416 e. The fourth-order valence-corrected chi connectivity index (χ4v) is 3.29. The maximum Gasteiger partial charge on any atom is 0.416 e. The van der Waals surface area contributed by atoms with Gasteiger partial charge in [-0.3, -0.25) is 4.79 Å². The maximum atomic E-state index is 13.1. The van der Waals surface area contributed by atoms with Gasteiger partial charge in [0.15, 0.2) is 0 Å². The number of amides is 1. The van der Waals surface area contributed by atoms with Crippen molar-refractivity contribution in [1.82, 2.24) is 4.90 Å². The van der Waals surface area contributed by atoms with Gasteiger partial charge in [-0.25, -0.2) is 0 Å². The van der Waals surface area contributed by atoms with Gasteiger partial charge in [0.05, 0.1) is 5.56 Å². The molecule has 1 amide bonds. The zero-order chi connectivity index (χ0) is 16.1. The number of halogens is 3. The van der Waals surface area contributed by atoms with E-state index in [-0.39, 0.29) is 29.3 Å². The molecule has 0 unspecified atom stereocenters. The first kappa shape index (κ1) is 15.4. The number of carbonyl (C=O) groups excluding carboxylic acids is 1. The first-order chi connectivity index (χ1) is 10.3. The number of nitrogens with zero attached hydrogens (tertiary/aromatic N) is 1. The molecule has 1 aromatic rings. The van der Waals surface area contributed by atoms with Crippen molar-refractivity contribution < 1.29 is 18.0 Å². The van der Waals surface area contributed by atoms with Crippen LogP contribution >= 0.6 is 0 Å². The Kier molecular flexibility index (Phi) is 3.69. The average molecular weight is 311 g/mol. The third-order valence-electron chi connectivity index (χ3n) is 4.52. The molecule has 0 radical (unpaired) electrons. The van der Waals surface area contributed by atoms with Gasteiger partial charge in [0.1, 0.15) is 0 Å². The zero-order valence-corrected chi connectivity index (χ0v) is 12.7. The van der Waals surface area contributed by atoms with E-state index in [4.69, 9.17) is 0 Å². The van der Waals surface area contributed by atoms with Crippen molar-refractivity contribution in [3.8, 4) is 0 Å². The van der Waals surface area contributed by atoms with E-state index in [1.807, 2.05) is 18.7 Å². The fourth-order valence-electron chi connectivity index (χ4n) is 3.29. The van der Waals surface area contributed by atoms with Crippen LogP contribution in [0.2, 0.25) is 0 Å². The Hall–Kier alpha value is -1.52. The first-order valence-corrected chi connectivity index (χ1v) is 7.79. The summed E-state index contributed by atoms with van der Waals surface area (Å²) in [5.41, 5.74) is -0.328. The topological polar surface area (TPSA) is 20.3 Å². The van der Waals surface area contributed by atoms with Crippen molar-refractivity contribution in [2.24, 2.45) is 5.92 Å². The molecule has 0 aromatic heterocycles. The van der Waals surface area contributed by atoms with Crippen LogP contribution < -0.4 is 0 Å². The Bertz CT molecular complexity index is 576. The molecule has 22 heavy (non-hydrogen) atoms. The van der Waals surface area contributed by atoms with E-state index in [2.05, 4.69) is 0 Å². The molecule has 1 aromatic carbocycles. The molecular weight excluding hydrogens is 291 g/mol. The molecule has 120 valence electrons. The molecule has 2 aliphatic carbocycles. The van der Waals surface area contributed by atoms with Gasteiger partial charge in [-0.2, -0.15) is 13.2 Å². The van der Waals surface area contributed by atoms with Crippen LogP contribution in [0, 0.1) is 5.92 Å². The second-order valence-corrected chi connectivity index (χ2v) is 6.60. The molecule has 2 aliphatic rings. The van der Waals surface area contributed by atoms with Gasteiger partial charge in [-0.05, 0) is 50.7 Å². The summed E-state index contributed by atoms with van der Waals surface area (Å²) in [6, 6.07) is 6.04. The summed E-state index contributed by atoms with van der Waals surface area (Å²) in [4.78, 5) is 14.5. The summed E-state index contributed by atoms with van der Waals surface area (Å²) >= 11 is 0. The Morgan fingerprint density at radius 2 is 1.86 bits per heavy atom. The lowest BCUT2D eigenvalue weighted by molar-refractivity contribution is -0.139. The molecule has 0 spiro atoms. The number of hydrogen-bond acceptors (Lipinski definition) is 1. The maximum absolute atomic E-state index is 13.1. The summed E-state index contributed by atoms with van der Waals surface area (Å²) in [5, 5.41) is 0. The molecule has 2 atom stereocenters. The lowest BCUT2D eigenvalue weighted by Gasteiger charge is -2.27. The first-order valence-electron chi connectivity index (χ1n) is 7.79. The van der Waals surface area contributed by atoms with Gasteiger partial charge in [0.25, 0.3) is 0 Å². The summed E-state index contributed by atoms with van der Waals surface area (Å²) < 4.78 is 39.3. The molecule has 0 heterocycles. The van der Waals surface area contributed by atoms with Crippen molar-refractivity contribution >= 4 is 5.91 Å². The SMILES string of the molecule is CC(C)N(C(=O)[C@H]1C[C@@H]1c1ccccc1C(F)(F)F)C1CC1. The number of benzene rings is 1. The van der Waals surface area contributed by atoms with Gasteiger partial charge in [0.2, 0.25) is 5.91 Å². The second-order valence-electron chi connectivity index (χ2n) is 6.60. The third-order valence-corrected chi connectivity index (χ3v) is 4.52. The highest BCUT2D eigenvalue weighted by atomic mass is 19.4. The molecule has 3 rings (SSSR count). The average Bonchev–Trinajstić information content (AvgIpc) is 3.31. The van der Waals surface area contributed by atoms with Gasteiger partial charge < -0.3 is 4.90 Å². The van der Waals surface area contributed by atoms with Crippen LogP contribution in [-0.4, -0.2) is 22.9 Å². The molecule has 2 saturated carbocycles. The highest BCUT2D eigenvalue weighted by Crippen LogP contribution is 2.52. The zero-order valence-electron chi connectivity index (χ0n) is 12.7. The van der Waals surface area contributed by atoms with E-state index in [0.717, 1.165) is 18.9 Å². The standard InChI is InChI=1S/C17H20F3NO/c1-10(2)21(11-7-8-11)16(22)14-9-13(14)12-5-3-4-6-15(12)17(18,19)20/h3-6,10-11,13-14H,7-9H2,1-2H3/t13-,14+/m1/s1. The summed E-state index contributed by atoms with van der Waals surface area (Å²) in [6.07, 6.45) is -1.80. The van der Waals surface area contributed by atoms with Crippen LogP contribution in [0.5, 0.6) is 0 Å². The Balaban J connectivity index is 1.79. The lowest BCUT2D eigenvalue weighted by atomic mass is 10.0. The van der Waals surface area contributed by atoms with E-state index >= 15 is 0 Å². The Morgan fingerprint density at radius 1 is 1.23 bits per heavy atom. The Labute approximate surface area is 128 Å². The van der Waals surface area contributed by atoms with Gasteiger partial charge in [-0.15, -0.1) is 0 Å². The van der Waals surface area contributed by atoms with E-state index in [1.54, 1.807) is 6.07 Å². The van der Waals surface area contributed by atoms with E-state index < -0.39 is 11.7 Å². The van der Waals surface area contributed by atoms with Crippen LogP contribution in [0.1, 0.15) is 50.2 Å². The number of hydrogen-bond donors (Lipinski definition) is 0. The number of alkyl halides is 3. The van der Waals surface area contributed by atoms with Crippen LogP contribution in [0.25, 0.3) is 0 Å². The van der Waals surface area contributed by atoms with E-state index in [9.17, 15) is 18.0 Å². The van der Waals surface area contributed by atoms with Crippen LogP contribution in [0.4, 0.5) is 13.2 Å². The third kappa shape index (κ3) is 2.85. The quantitative estimate of drug-likeness (QED) is 0.816. The number of carbonyl (C=O) groups is 1. The van der Waals surface area contributed by atoms with Gasteiger partial charge in [0, 0.05) is 18.0 Å². The second kappa shape index (κ2) is 5.28. The monoisotopic (exact) mass is 311 g/mol. The van der Waals surface area contributed by atoms with Gasteiger partial charge >= 0.3 is 6.18 Å². The molecule has 0 bridgehead atoms. The van der Waals surface area contributed by atoms with Crippen LogP contribution in [0.15, 0.2) is 24.3 Å². The van der Waals surface area contributed by atoms with Gasteiger partial charge in [-0.1, -0.05) is 18.2 Å². The predicted octanol–water partition coefficient (Wildman–Crippen LogP) is 4.21. The fraction of sp³-hybridized carbons (Fsp3) is 0.588. The lowest BCUT2D eigenvalue weighted by Crippen LogP contribution is -2.40. The summed E-state index contributed by atoms with van der Waals surface area (Å²) in [6.45, 7) is 3.94. The molecular formula is C17H20F3NO. The van der Waals surface area contributed by atoms with E-state index in [1.165, 1.54) is 12.1 Å². The normalized spacial score (nSPS) is 24.5. The summed E-state index contributed by atoms with van der Waals surface area (Å²) in [7, 11) is 0. The smallest absolute Gasteiger partial charge is 0.337 e.